The number of rotatable bonds is 9. The van der Waals surface area contributed by atoms with Crippen LogP contribution in [0.4, 0.5) is 32.2 Å². The number of benzene rings is 2. The second kappa shape index (κ2) is 18.5. The molecule has 0 aliphatic rings. The molecule has 5 rings (SSSR count). The molecule has 0 radical (unpaired) electrons. The number of esters is 2. The number of pyridine rings is 2. The van der Waals surface area contributed by atoms with E-state index in [0.29, 0.717) is 29.1 Å². The standard InChI is InChI=1S/C17H13F3N2O3.C9H6BrF3O2.C8H10N2O2/c1-2-24-16(23)13-7-4-8-22-10-14(21-15(13)22)11-5-3-6-12(9-11)25-17(18,19)20;10-5-8(14)6-2-1-3-7(4-6)15-9(11,12)13;1-2-12-8(11)6-4-3-5-10-7(6)9/h3-10H,2H2,1H3;1-4H,5H2;3-5H,2H2,1H3,(H2,9,10). The number of hydrogen-bond acceptors (Lipinski definition) is 10. The molecule has 5 aromatic rings. The zero-order valence-electron chi connectivity index (χ0n) is 27.2. The fraction of sp³-hybridized carbons (Fsp3) is 0.206. The predicted octanol–water partition coefficient (Wildman–Crippen LogP) is 8.08. The second-order valence-corrected chi connectivity index (χ2v) is 10.4. The molecule has 0 saturated heterocycles. The maximum absolute atomic E-state index is 12.4. The molecular formula is C34H29BrF6N4O7. The van der Waals surface area contributed by atoms with E-state index in [1.165, 1.54) is 36.5 Å². The van der Waals surface area contributed by atoms with E-state index in [-0.39, 0.29) is 40.4 Å². The number of hydrogen-bond donors (Lipinski definition) is 1. The number of alkyl halides is 7. The highest BCUT2D eigenvalue weighted by Crippen LogP contribution is 2.28. The van der Waals surface area contributed by atoms with E-state index in [4.69, 9.17) is 15.2 Å². The Kier molecular flexibility index (Phi) is 14.5. The highest BCUT2D eigenvalue weighted by molar-refractivity contribution is 9.09. The number of halogens is 7. The summed E-state index contributed by atoms with van der Waals surface area (Å²) < 4.78 is 91.6. The third-order valence-electron chi connectivity index (χ3n) is 6.19. The molecule has 3 heterocycles. The molecule has 276 valence electrons. The summed E-state index contributed by atoms with van der Waals surface area (Å²) in [6.07, 6.45) is -4.68. The van der Waals surface area contributed by atoms with Crippen molar-refractivity contribution in [3.8, 4) is 22.8 Å². The van der Waals surface area contributed by atoms with Gasteiger partial charge < -0.3 is 29.1 Å². The summed E-state index contributed by atoms with van der Waals surface area (Å²) in [6.45, 7) is 4.00. The molecule has 0 aliphatic heterocycles. The van der Waals surface area contributed by atoms with E-state index in [1.54, 1.807) is 61.0 Å². The fourth-order valence-electron chi connectivity index (χ4n) is 4.12. The van der Waals surface area contributed by atoms with Crippen molar-refractivity contribution in [3.63, 3.8) is 0 Å². The van der Waals surface area contributed by atoms with Crippen LogP contribution in [0.3, 0.4) is 0 Å². The molecule has 0 amide bonds. The average molecular weight is 800 g/mol. The van der Waals surface area contributed by atoms with E-state index in [0.717, 1.165) is 12.1 Å². The smallest absolute Gasteiger partial charge is 0.462 e. The first kappa shape index (κ1) is 40.8. The van der Waals surface area contributed by atoms with Crippen LogP contribution in [-0.4, -0.2) is 63.4 Å². The Bertz CT molecular complexity index is 1990. The molecule has 0 fully saturated rings. The quantitative estimate of drug-likeness (QED) is 0.0673. The number of nitrogen functional groups attached to an aromatic ring is 1. The maximum Gasteiger partial charge on any atom is 0.573 e. The van der Waals surface area contributed by atoms with Gasteiger partial charge in [0.15, 0.2) is 11.4 Å². The van der Waals surface area contributed by atoms with Gasteiger partial charge in [-0.15, -0.1) is 26.3 Å². The van der Waals surface area contributed by atoms with E-state index >= 15 is 0 Å². The first-order chi connectivity index (χ1) is 24.5. The van der Waals surface area contributed by atoms with Crippen LogP contribution in [0.25, 0.3) is 16.9 Å². The van der Waals surface area contributed by atoms with E-state index in [9.17, 15) is 40.7 Å². The van der Waals surface area contributed by atoms with Crippen LogP contribution in [0.15, 0.2) is 91.4 Å². The van der Waals surface area contributed by atoms with Crippen LogP contribution < -0.4 is 15.2 Å². The summed E-state index contributed by atoms with van der Waals surface area (Å²) in [4.78, 5) is 42.4. The summed E-state index contributed by atoms with van der Waals surface area (Å²) in [5.41, 5.74) is 7.41. The normalized spacial score (nSPS) is 10.9. The second-order valence-electron chi connectivity index (χ2n) is 9.86. The molecule has 0 bridgehead atoms. The number of fused-ring (bicyclic) bond motifs is 1. The van der Waals surface area contributed by atoms with E-state index in [1.807, 2.05) is 0 Å². The van der Waals surface area contributed by atoms with Gasteiger partial charge in [-0.05, 0) is 62.4 Å². The molecule has 2 aromatic carbocycles. The van der Waals surface area contributed by atoms with Gasteiger partial charge in [-0.25, -0.2) is 19.6 Å². The van der Waals surface area contributed by atoms with Gasteiger partial charge >= 0.3 is 24.7 Å². The van der Waals surface area contributed by atoms with Crippen LogP contribution in [0.2, 0.25) is 0 Å². The Morgan fingerprint density at radius 1 is 0.788 bits per heavy atom. The lowest BCUT2D eigenvalue weighted by molar-refractivity contribution is -0.275. The number of aromatic nitrogens is 3. The molecule has 0 atom stereocenters. The average Bonchev–Trinajstić information content (AvgIpc) is 3.53. The maximum atomic E-state index is 12.4. The fourth-order valence-corrected chi connectivity index (χ4v) is 4.44. The van der Waals surface area contributed by atoms with Gasteiger partial charge in [0.2, 0.25) is 0 Å². The predicted molar refractivity (Wildman–Crippen MR) is 179 cm³/mol. The summed E-state index contributed by atoms with van der Waals surface area (Å²) in [5.74, 6) is -1.77. The van der Waals surface area contributed by atoms with Gasteiger partial charge in [0.05, 0.1) is 24.2 Å². The number of anilines is 1. The lowest BCUT2D eigenvalue weighted by atomic mass is 10.1. The lowest BCUT2D eigenvalue weighted by Crippen LogP contribution is -2.17. The van der Waals surface area contributed by atoms with Crippen LogP contribution in [-0.2, 0) is 9.47 Å². The highest BCUT2D eigenvalue weighted by atomic mass is 79.9. The molecule has 0 aliphatic carbocycles. The van der Waals surface area contributed by atoms with Crippen LogP contribution in [0.5, 0.6) is 11.5 Å². The number of nitrogens with zero attached hydrogens (tertiary/aromatic N) is 3. The molecule has 18 heteroatoms. The summed E-state index contributed by atoms with van der Waals surface area (Å²) in [6, 6.07) is 16.9. The molecular weight excluding hydrogens is 770 g/mol. The monoisotopic (exact) mass is 798 g/mol. The zero-order valence-corrected chi connectivity index (χ0v) is 28.8. The van der Waals surface area contributed by atoms with E-state index in [2.05, 4.69) is 35.4 Å². The number of ether oxygens (including phenoxy) is 4. The molecule has 3 aromatic heterocycles. The third-order valence-corrected chi connectivity index (χ3v) is 6.70. The summed E-state index contributed by atoms with van der Waals surface area (Å²) in [7, 11) is 0. The molecule has 0 unspecified atom stereocenters. The number of carbonyl (C=O) groups excluding carboxylic acids is 3. The minimum Gasteiger partial charge on any atom is -0.462 e. The minimum atomic E-state index is -4.77. The van der Waals surface area contributed by atoms with Gasteiger partial charge in [0.25, 0.3) is 0 Å². The van der Waals surface area contributed by atoms with Gasteiger partial charge in [0.1, 0.15) is 28.4 Å². The van der Waals surface area contributed by atoms with E-state index < -0.39 is 30.4 Å². The van der Waals surface area contributed by atoms with Crippen molar-refractivity contribution in [2.75, 3.05) is 24.3 Å². The Hall–Kier alpha value is -5.65. The Labute approximate surface area is 300 Å². The number of Topliss-reactive ketones (excluding diaryl/α,β-unsaturated/α-hetero) is 1. The SMILES string of the molecule is CCOC(=O)c1cccn2cc(-c3cccc(OC(F)(F)F)c3)nc12.CCOC(=O)c1cccnc1N.O=C(CBr)c1cccc(OC(F)(F)F)c1. The van der Waals surface area contributed by atoms with Crippen LogP contribution in [0, 0.1) is 0 Å². The number of imidazole rings is 1. The number of ketones is 1. The minimum absolute atomic E-state index is 0.0580. The Balaban J connectivity index is 0.000000230. The van der Waals surface area contributed by atoms with Gasteiger partial charge in [-0.2, -0.15) is 0 Å². The summed E-state index contributed by atoms with van der Waals surface area (Å²) >= 11 is 2.92. The molecule has 0 spiro atoms. The molecule has 11 nitrogen and oxygen atoms in total. The third kappa shape index (κ3) is 12.6. The molecule has 2 N–H and O–H groups in total. The van der Waals surface area contributed by atoms with Crippen molar-refractivity contribution in [2.45, 2.75) is 26.6 Å². The van der Waals surface area contributed by atoms with Gasteiger partial charge in [-0.1, -0.05) is 40.2 Å². The van der Waals surface area contributed by atoms with Crippen molar-refractivity contribution in [1.29, 1.82) is 0 Å². The lowest BCUT2D eigenvalue weighted by Gasteiger charge is -2.09. The van der Waals surface area contributed by atoms with Crippen LogP contribution in [0.1, 0.15) is 44.9 Å². The van der Waals surface area contributed by atoms with Gasteiger partial charge in [0, 0.05) is 29.7 Å². The van der Waals surface area contributed by atoms with Crippen molar-refractivity contribution >= 4 is 45.1 Å². The van der Waals surface area contributed by atoms with Crippen molar-refractivity contribution in [2.24, 2.45) is 0 Å². The zero-order chi connectivity index (χ0) is 38.5. The molecule has 52 heavy (non-hydrogen) atoms. The van der Waals surface area contributed by atoms with Crippen molar-refractivity contribution in [3.05, 3.63) is 108 Å². The van der Waals surface area contributed by atoms with Crippen molar-refractivity contribution in [1.82, 2.24) is 14.4 Å². The Morgan fingerprint density at radius 3 is 1.94 bits per heavy atom. The first-order valence-corrected chi connectivity index (χ1v) is 16.0. The first-order valence-electron chi connectivity index (χ1n) is 14.9. The van der Waals surface area contributed by atoms with Crippen LogP contribution >= 0.6 is 15.9 Å². The topological polar surface area (TPSA) is 144 Å². The van der Waals surface area contributed by atoms with Crippen molar-refractivity contribution < 1.29 is 59.7 Å². The number of carbonyl (C=O) groups is 3. The largest absolute Gasteiger partial charge is 0.573 e. The molecule has 0 saturated carbocycles. The Morgan fingerprint density at radius 2 is 1.37 bits per heavy atom. The number of nitrogens with two attached hydrogens (primary N) is 1. The summed E-state index contributed by atoms with van der Waals surface area (Å²) in [5, 5.41) is 0.0580. The highest BCUT2D eigenvalue weighted by Gasteiger charge is 2.32. The van der Waals surface area contributed by atoms with Gasteiger partial charge in [-0.3, -0.25) is 4.79 Å².